The zero-order valence-corrected chi connectivity index (χ0v) is 8.69. The molecule has 3 heteroatoms. The van der Waals surface area contributed by atoms with Crippen molar-refractivity contribution in [2.24, 2.45) is 0 Å². The van der Waals surface area contributed by atoms with Crippen LogP contribution < -0.4 is 0 Å². The summed E-state index contributed by atoms with van der Waals surface area (Å²) in [4.78, 5) is 0. The summed E-state index contributed by atoms with van der Waals surface area (Å²) in [5, 5.41) is 8.96. The zero-order valence-electron chi connectivity index (χ0n) is 8.69. The van der Waals surface area contributed by atoms with Crippen molar-refractivity contribution in [2.45, 2.75) is 19.1 Å². The van der Waals surface area contributed by atoms with Crippen LogP contribution in [0.5, 0.6) is 0 Å². The molecule has 1 aromatic rings. The van der Waals surface area contributed by atoms with E-state index < -0.39 is 0 Å². The van der Waals surface area contributed by atoms with E-state index in [4.69, 9.17) is 14.6 Å². The lowest BCUT2D eigenvalue weighted by Crippen LogP contribution is -2.19. The number of benzene rings is 1. The van der Waals surface area contributed by atoms with E-state index in [0.717, 1.165) is 30.8 Å². The first-order valence-corrected chi connectivity index (χ1v) is 5.33. The van der Waals surface area contributed by atoms with Crippen molar-refractivity contribution in [3.05, 3.63) is 35.4 Å². The molecule has 0 bridgehead atoms. The van der Waals surface area contributed by atoms with Crippen LogP contribution in [0.15, 0.2) is 24.3 Å². The Bertz CT molecular complexity index is 305. The van der Waals surface area contributed by atoms with Gasteiger partial charge in [0.15, 0.2) is 6.29 Å². The molecule has 0 amide bonds. The van der Waals surface area contributed by atoms with Crippen LogP contribution in [0.3, 0.4) is 0 Å². The van der Waals surface area contributed by atoms with E-state index >= 15 is 0 Å². The molecular formula is C12H16O3. The summed E-state index contributed by atoms with van der Waals surface area (Å²) in [5.74, 6) is 0. The number of hydrogen-bond donors (Lipinski definition) is 1. The molecule has 82 valence electrons. The van der Waals surface area contributed by atoms with Gasteiger partial charge in [-0.15, -0.1) is 0 Å². The fraction of sp³-hybridized carbons (Fsp3) is 0.500. The van der Waals surface area contributed by atoms with Crippen LogP contribution in [0, 0.1) is 0 Å². The summed E-state index contributed by atoms with van der Waals surface area (Å²) in [6, 6.07) is 7.95. The zero-order chi connectivity index (χ0) is 10.5. The standard InChI is InChI=1S/C12H16O3/c13-7-6-10-4-1-2-5-11(10)12-14-8-3-9-15-12/h1-2,4-5,12-13H,3,6-9H2. The molecule has 0 aliphatic carbocycles. The molecule has 0 radical (unpaired) electrons. The third-order valence-electron chi connectivity index (χ3n) is 2.52. The molecule has 0 spiro atoms. The highest BCUT2D eigenvalue weighted by Crippen LogP contribution is 2.25. The monoisotopic (exact) mass is 208 g/mol. The number of rotatable bonds is 3. The molecule has 0 unspecified atom stereocenters. The lowest BCUT2D eigenvalue weighted by atomic mass is 10.0. The summed E-state index contributed by atoms with van der Waals surface area (Å²) < 4.78 is 11.1. The van der Waals surface area contributed by atoms with Gasteiger partial charge >= 0.3 is 0 Å². The third kappa shape index (κ3) is 2.56. The fourth-order valence-corrected chi connectivity index (χ4v) is 1.78. The molecule has 1 N–H and O–H groups in total. The second-order valence-corrected chi connectivity index (χ2v) is 3.60. The fourth-order valence-electron chi connectivity index (χ4n) is 1.78. The second kappa shape index (κ2) is 5.26. The minimum atomic E-state index is -0.249. The van der Waals surface area contributed by atoms with E-state index in [9.17, 15) is 0 Å². The molecule has 0 aromatic heterocycles. The molecule has 0 atom stereocenters. The Labute approximate surface area is 89.6 Å². The molecule has 1 aliphatic rings. The highest BCUT2D eigenvalue weighted by atomic mass is 16.7. The van der Waals surface area contributed by atoms with Gasteiger partial charge in [0.1, 0.15) is 0 Å². The van der Waals surface area contributed by atoms with Gasteiger partial charge in [0.2, 0.25) is 0 Å². The molecule has 1 aromatic carbocycles. The van der Waals surface area contributed by atoms with Gasteiger partial charge in [-0.2, -0.15) is 0 Å². The van der Waals surface area contributed by atoms with Crippen LogP contribution in [0.4, 0.5) is 0 Å². The molecule has 1 saturated heterocycles. The van der Waals surface area contributed by atoms with Crippen LogP contribution in [-0.4, -0.2) is 24.9 Å². The molecule has 1 heterocycles. The molecule has 0 saturated carbocycles. The Morgan fingerprint density at radius 1 is 1.20 bits per heavy atom. The summed E-state index contributed by atoms with van der Waals surface area (Å²) >= 11 is 0. The number of aliphatic hydroxyl groups is 1. The van der Waals surface area contributed by atoms with Gasteiger partial charge in [0.25, 0.3) is 0 Å². The topological polar surface area (TPSA) is 38.7 Å². The van der Waals surface area contributed by atoms with E-state index in [1.165, 1.54) is 0 Å². The van der Waals surface area contributed by atoms with Crippen molar-refractivity contribution in [3.63, 3.8) is 0 Å². The van der Waals surface area contributed by atoms with Crippen LogP contribution in [0.2, 0.25) is 0 Å². The molecule has 3 nitrogen and oxygen atoms in total. The molecule has 1 fully saturated rings. The molecule has 1 aliphatic heterocycles. The number of aliphatic hydroxyl groups excluding tert-OH is 1. The number of hydrogen-bond acceptors (Lipinski definition) is 3. The van der Waals surface area contributed by atoms with Gasteiger partial charge < -0.3 is 14.6 Å². The van der Waals surface area contributed by atoms with Crippen LogP contribution >= 0.6 is 0 Å². The van der Waals surface area contributed by atoms with Crippen molar-refractivity contribution in [2.75, 3.05) is 19.8 Å². The van der Waals surface area contributed by atoms with E-state index in [1.807, 2.05) is 24.3 Å². The lowest BCUT2D eigenvalue weighted by molar-refractivity contribution is -0.183. The Morgan fingerprint density at radius 2 is 1.93 bits per heavy atom. The number of ether oxygens (including phenoxy) is 2. The largest absolute Gasteiger partial charge is 0.396 e. The highest BCUT2D eigenvalue weighted by molar-refractivity contribution is 5.28. The van der Waals surface area contributed by atoms with Gasteiger partial charge in [-0.05, 0) is 18.4 Å². The van der Waals surface area contributed by atoms with E-state index in [0.29, 0.717) is 6.42 Å². The third-order valence-corrected chi connectivity index (χ3v) is 2.52. The maximum absolute atomic E-state index is 8.96. The van der Waals surface area contributed by atoms with Crippen LogP contribution in [0.1, 0.15) is 23.8 Å². The van der Waals surface area contributed by atoms with Crippen molar-refractivity contribution in [3.8, 4) is 0 Å². The second-order valence-electron chi connectivity index (χ2n) is 3.60. The maximum Gasteiger partial charge on any atom is 0.184 e. The van der Waals surface area contributed by atoms with Gasteiger partial charge in [-0.1, -0.05) is 24.3 Å². The Balaban J connectivity index is 2.17. The minimum Gasteiger partial charge on any atom is -0.396 e. The predicted octanol–water partition coefficient (Wildman–Crippen LogP) is 1.66. The van der Waals surface area contributed by atoms with Crippen molar-refractivity contribution in [1.29, 1.82) is 0 Å². The lowest BCUT2D eigenvalue weighted by Gasteiger charge is -2.25. The first-order chi connectivity index (χ1) is 7.42. The molecule has 15 heavy (non-hydrogen) atoms. The van der Waals surface area contributed by atoms with E-state index in [2.05, 4.69) is 0 Å². The first kappa shape index (κ1) is 10.6. The van der Waals surface area contributed by atoms with Gasteiger partial charge in [-0.3, -0.25) is 0 Å². The Hall–Kier alpha value is -0.900. The average Bonchev–Trinajstić information content (AvgIpc) is 2.31. The Morgan fingerprint density at radius 3 is 2.67 bits per heavy atom. The SMILES string of the molecule is OCCc1ccccc1C1OCCCO1. The summed E-state index contributed by atoms with van der Waals surface area (Å²) in [7, 11) is 0. The summed E-state index contributed by atoms with van der Waals surface area (Å²) in [6.45, 7) is 1.65. The summed E-state index contributed by atoms with van der Waals surface area (Å²) in [6.07, 6.45) is 1.36. The molecule has 2 rings (SSSR count). The minimum absolute atomic E-state index is 0.156. The van der Waals surface area contributed by atoms with E-state index in [1.54, 1.807) is 0 Å². The van der Waals surface area contributed by atoms with Crippen molar-refractivity contribution < 1.29 is 14.6 Å². The average molecular weight is 208 g/mol. The van der Waals surface area contributed by atoms with Gasteiger partial charge in [0.05, 0.1) is 13.2 Å². The molecular weight excluding hydrogens is 192 g/mol. The first-order valence-electron chi connectivity index (χ1n) is 5.33. The normalized spacial score (nSPS) is 17.9. The maximum atomic E-state index is 8.96. The summed E-state index contributed by atoms with van der Waals surface area (Å²) in [5.41, 5.74) is 2.15. The highest BCUT2D eigenvalue weighted by Gasteiger charge is 2.18. The van der Waals surface area contributed by atoms with Crippen molar-refractivity contribution in [1.82, 2.24) is 0 Å². The quantitative estimate of drug-likeness (QED) is 0.821. The smallest absolute Gasteiger partial charge is 0.184 e. The van der Waals surface area contributed by atoms with Crippen LogP contribution in [0.25, 0.3) is 0 Å². The van der Waals surface area contributed by atoms with Crippen molar-refractivity contribution >= 4 is 0 Å². The predicted molar refractivity (Wildman–Crippen MR) is 56.5 cm³/mol. The Kier molecular flexibility index (Phi) is 3.72. The van der Waals surface area contributed by atoms with Gasteiger partial charge in [0, 0.05) is 12.2 Å². The van der Waals surface area contributed by atoms with Crippen LogP contribution in [-0.2, 0) is 15.9 Å². The van der Waals surface area contributed by atoms with E-state index in [-0.39, 0.29) is 12.9 Å². The van der Waals surface area contributed by atoms with Gasteiger partial charge in [-0.25, -0.2) is 0 Å².